The van der Waals surface area contributed by atoms with Crippen molar-refractivity contribution in [3.8, 4) is 0 Å². The van der Waals surface area contributed by atoms with Crippen molar-refractivity contribution in [1.29, 1.82) is 0 Å². The van der Waals surface area contributed by atoms with Crippen LogP contribution in [0.3, 0.4) is 0 Å². The van der Waals surface area contributed by atoms with Crippen molar-refractivity contribution in [2.24, 2.45) is 4.99 Å². The Hall–Kier alpha value is -2.84. The number of imide groups is 1. The number of aryl methyl sites for hydroxylation is 1. The molecule has 7 nitrogen and oxygen atoms in total. The predicted octanol–water partition coefficient (Wildman–Crippen LogP) is 2.47. The molecule has 2 amide bonds. The first-order valence-corrected chi connectivity index (χ1v) is 9.90. The number of amides is 2. The average Bonchev–Trinajstić information content (AvgIpc) is 2.97. The van der Waals surface area contributed by atoms with Gasteiger partial charge in [-0.1, -0.05) is 41.6 Å². The molecule has 0 spiro atoms. The van der Waals surface area contributed by atoms with E-state index in [1.165, 1.54) is 24.3 Å². The van der Waals surface area contributed by atoms with E-state index in [0.717, 1.165) is 27.9 Å². The molecule has 0 radical (unpaired) electrons. The van der Waals surface area contributed by atoms with E-state index in [-0.39, 0.29) is 23.8 Å². The summed E-state index contributed by atoms with van der Waals surface area (Å²) in [6.45, 7) is 1.90. The largest absolute Gasteiger partial charge is 0.545 e. The number of hydrogen-bond donors (Lipinski definition) is 1. The number of carbonyl (C=O) groups is 3. The van der Waals surface area contributed by atoms with E-state index in [0.29, 0.717) is 15.9 Å². The van der Waals surface area contributed by atoms with Crippen molar-refractivity contribution in [2.45, 2.75) is 18.6 Å². The number of nitrogens with zero attached hydrogens (tertiary/aromatic N) is 2. The quantitative estimate of drug-likeness (QED) is 0.454. The lowest BCUT2D eigenvalue weighted by molar-refractivity contribution is -0.255. The number of hydrogen-bond acceptors (Lipinski definition) is 6. The predicted molar refractivity (Wildman–Crippen MR) is 112 cm³/mol. The van der Waals surface area contributed by atoms with Crippen molar-refractivity contribution in [2.75, 3.05) is 17.3 Å². The van der Waals surface area contributed by atoms with Gasteiger partial charge in [0.05, 0.1) is 11.7 Å². The number of thioether (sulfide) groups is 1. The van der Waals surface area contributed by atoms with Crippen LogP contribution in [0.2, 0.25) is 5.02 Å². The first-order valence-electron chi connectivity index (χ1n) is 8.65. The highest BCUT2D eigenvalue weighted by atomic mass is 35.5. The molecule has 0 unspecified atom stereocenters. The van der Waals surface area contributed by atoms with Gasteiger partial charge >= 0.3 is 0 Å². The molecule has 1 atom stereocenters. The maximum atomic E-state index is 12.8. The molecular formula is C20H17ClN3O4S-. The zero-order chi connectivity index (χ0) is 21.1. The number of carboxylic acids is 1. The second-order valence-electron chi connectivity index (χ2n) is 6.33. The first-order chi connectivity index (χ1) is 13.8. The molecule has 2 aromatic carbocycles. The molecule has 1 fully saturated rings. The minimum atomic E-state index is -1.32. The normalized spacial score (nSPS) is 17.0. The van der Waals surface area contributed by atoms with Gasteiger partial charge in [0.25, 0.3) is 0 Å². The maximum absolute atomic E-state index is 12.8. The number of aromatic carboxylic acids is 1. The molecule has 1 heterocycles. The Bertz CT molecular complexity index is 1010. The SMILES string of the molecule is CN=C(Nc1ccc(C)c(Cl)c1)S[C@@H]1CC(=O)N(c2ccc(C(=O)[O-])cc2)C1=O. The van der Waals surface area contributed by atoms with E-state index in [9.17, 15) is 19.5 Å². The molecule has 9 heteroatoms. The number of rotatable bonds is 4. The summed E-state index contributed by atoms with van der Waals surface area (Å²) in [5, 5.41) is 14.4. The molecule has 1 aliphatic rings. The van der Waals surface area contributed by atoms with Crippen molar-refractivity contribution in [3.05, 3.63) is 58.6 Å². The molecule has 150 valence electrons. The Morgan fingerprint density at radius 1 is 1.24 bits per heavy atom. The zero-order valence-corrected chi connectivity index (χ0v) is 17.2. The monoisotopic (exact) mass is 430 g/mol. The Balaban J connectivity index is 1.72. The van der Waals surface area contributed by atoms with E-state index < -0.39 is 11.2 Å². The molecule has 0 aromatic heterocycles. The van der Waals surface area contributed by atoms with Gasteiger partial charge in [-0.15, -0.1) is 0 Å². The van der Waals surface area contributed by atoms with E-state index in [1.54, 1.807) is 13.1 Å². The van der Waals surface area contributed by atoms with Gasteiger partial charge in [0.1, 0.15) is 5.25 Å². The van der Waals surface area contributed by atoms with Gasteiger partial charge < -0.3 is 15.2 Å². The van der Waals surface area contributed by atoms with Crippen molar-refractivity contribution in [1.82, 2.24) is 0 Å². The van der Waals surface area contributed by atoms with Gasteiger partial charge in [-0.05, 0) is 42.3 Å². The number of benzene rings is 2. The summed E-state index contributed by atoms with van der Waals surface area (Å²) in [4.78, 5) is 41.3. The summed E-state index contributed by atoms with van der Waals surface area (Å²) in [6.07, 6.45) is 0.0150. The van der Waals surface area contributed by atoms with Crippen LogP contribution < -0.4 is 15.3 Å². The van der Waals surface area contributed by atoms with Crippen LogP contribution >= 0.6 is 23.4 Å². The van der Waals surface area contributed by atoms with E-state index >= 15 is 0 Å². The molecule has 1 aliphatic heterocycles. The smallest absolute Gasteiger partial charge is 0.247 e. The van der Waals surface area contributed by atoms with Crippen molar-refractivity contribution >= 4 is 57.7 Å². The van der Waals surface area contributed by atoms with Gasteiger partial charge in [0.15, 0.2) is 5.17 Å². The van der Waals surface area contributed by atoms with Crippen molar-refractivity contribution < 1.29 is 19.5 Å². The topological polar surface area (TPSA) is 102 Å². The minimum Gasteiger partial charge on any atom is -0.545 e. The molecular weight excluding hydrogens is 414 g/mol. The molecule has 29 heavy (non-hydrogen) atoms. The summed E-state index contributed by atoms with van der Waals surface area (Å²) in [6, 6.07) is 10.9. The highest BCUT2D eigenvalue weighted by Gasteiger charge is 2.40. The minimum absolute atomic E-state index is 0.0150. The summed E-state index contributed by atoms with van der Waals surface area (Å²) in [5.74, 6) is -2.07. The maximum Gasteiger partial charge on any atom is 0.247 e. The fourth-order valence-electron chi connectivity index (χ4n) is 2.78. The molecule has 0 bridgehead atoms. The van der Waals surface area contributed by atoms with Crippen LogP contribution in [0.4, 0.5) is 11.4 Å². The summed E-state index contributed by atoms with van der Waals surface area (Å²) in [5.41, 5.74) is 1.96. The van der Waals surface area contributed by atoms with Crippen LogP contribution in [-0.2, 0) is 9.59 Å². The van der Waals surface area contributed by atoms with Gasteiger partial charge in [-0.25, -0.2) is 4.90 Å². The third kappa shape index (κ3) is 4.60. The number of amidine groups is 1. The third-order valence-corrected chi connectivity index (χ3v) is 5.91. The van der Waals surface area contributed by atoms with Crippen LogP contribution in [0, 0.1) is 6.92 Å². The number of nitrogens with one attached hydrogen (secondary N) is 1. The second-order valence-corrected chi connectivity index (χ2v) is 7.93. The van der Waals surface area contributed by atoms with Gasteiger partial charge in [0.2, 0.25) is 11.8 Å². The lowest BCUT2D eigenvalue weighted by atomic mass is 10.2. The summed E-state index contributed by atoms with van der Waals surface area (Å²) in [7, 11) is 1.59. The van der Waals surface area contributed by atoms with E-state index in [1.807, 2.05) is 19.1 Å². The Kier molecular flexibility index (Phi) is 6.24. The molecule has 1 N–H and O–H groups in total. The number of carboxylic acid groups (broad SMARTS) is 1. The van der Waals surface area contributed by atoms with E-state index in [4.69, 9.17) is 11.6 Å². The fourth-order valence-corrected chi connectivity index (χ4v) is 3.95. The highest BCUT2D eigenvalue weighted by Crippen LogP contribution is 2.31. The van der Waals surface area contributed by atoms with Crippen molar-refractivity contribution in [3.63, 3.8) is 0 Å². The Morgan fingerprint density at radius 3 is 2.52 bits per heavy atom. The molecule has 3 rings (SSSR count). The number of halogens is 1. The van der Waals surface area contributed by atoms with Crippen LogP contribution in [0.1, 0.15) is 22.3 Å². The summed E-state index contributed by atoms with van der Waals surface area (Å²) >= 11 is 7.29. The van der Waals surface area contributed by atoms with Crippen LogP contribution in [0.25, 0.3) is 0 Å². The lowest BCUT2D eigenvalue weighted by Gasteiger charge is -2.16. The third-order valence-electron chi connectivity index (χ3n) is 4.35. The second kappa shape index (κ2) is 8.67. The number of carbonyl (C=O) groups excluding carboxylic acids is 3. The first kappa shape index (κ1) is 20.9. The molecule has 1 saturated heterocycles. The van der Waals surface area contributed by atoms with Crippen LogP contribution in [0.5, 0.6) is 0 Å². The highest BCUT2D eigenvalue weighted by molar-refractivity contribution is 8.15. The number of anilines is 2. The zero-order valence-electron chi connectivity index (χ0n) is 15.6. The van der Waals surface area contributed by atoms with E-state index in [2.05, 4.69) is 10.3 Å². The lowest BCUT2D eigenvalue weighted by Crippen LogP contribution is -2.32. The van der Waals surface area contributed by atoms with Gasteiger partial charge in [-0.2, -0.15) is 0 Å². The summed E-state index contributed by atoms with van der Waals surface area (Å²) < 4.78 is 0. The standard InChI is InChI=1S/C20H18ClN3O4S/c1-11-3-6-13(9-15(11)21)23-20(22-2)29-16-10-17(25)24(18(16)26)14-7-4-12(5-8-14)19(27)28/h3-9,16H,10H2,1-2H3,(H,22,23)(H,27,28)/p-1/t16-/m1/s1. The fraction of sp³-hybridized carbons (Fsp3) is 0.200. The average molecular weight is 431 g/mol. The molecule has 2 aromatic rings. The molecule has 0 aliphatic carbocycles. The van der Waals surface area contributed by atoms with Gasteiger partial charge in [0, 0.05) is 24.2 Å². The Labute approximate surface area is 176 Å². The Morgan fingerprint density at radius 2 is 1.93 bits per heavy atom. The van der Waals surface area contributed by atoms with Crippen LogP contribution in [-0.4, -0.2) is 35.2 Å². The number of aliphatic imine (C=N–C) groups is 1. The van der Waals surface area contributed by atoms with Gasteiger partial charge in [-0.3, -0.25) is 14.6 Å². The molecule has 0 saturated carbocycles. The van der Waals surface area contributed by atoms with Crippen LogP contribution in [0.15, 0.2) is 47.5 Å².